The van der Waals surface area contributed by atoms with Gasteiger partial charge in [-0.2, -0.15) is 0 Å². The van der Waals surface area contributed by atoms with Crippen LogP contribution in [0.2, 0.25) is 0 Å². The second kappa shape index (κ2) is 6.94. The van der Waals surface area contributed by atoms with Gasteiger partial charge in [0, 0.05) is 6.54 Å². The largest absolute Gasteiger partial charge is 0.480 e. The first-order valence-electron chi connectivity index (χ1n) is 8.47. The zero-order chi connectivity index (χ0) is 19.7. The van der Waals surface area contributed by atoms with E-state index in [4.69, 9.17) is 5.73 Å². The molecule has 7 nitrogen and oxygen atoms in total. The fourth-order valence-electron chi connectivity index (χ4n) is 3.61. The number of hydrogen-bond acceptors (Lipinski definition) is 5. The predicted molar refractivity (Wildman–Crippen MR) is 97.0 cm³/mol. The van der Waals surface area contributed by atoms with Crippen LogP contribution in [0.25, 0.3) is 0 Å². The first kappa shape index (κ1) is 18.8. The minimum atomic E-state index is -1.94. The maximum absolute atomic E-state index is 13.7. The lowest BCUT2D eigenvalue weighted by atomic mass is 9.68. The van der Waals surface area contributed by atoms with Gasteiger partial charge in [-0.25, -0.2) is 0 Å². The number of ketones is 1. The molecule has 1 aliphatic heterocycles. The molecule has 3 rings (SSSR count). The fraction of sp³-hybridized carbons (Fsp3) is 0.250. The quantitative estimate of drug-likeness (QED) is 0.559. The molecule has 2 aromatic rings. The molecule has 0 amide bonds. The van der Waals surface area contributed by atoms with E-state index >= 15 is 0 Å². The molecule has 1 fully saturated rings. The van der Waals surface area contributed by atoms with Gasteiger partial charge in [0.2, 0.25) is 0 Å². The number of nitrogens with one attached hydrogen (secondary N) is 1. The SMILES string of the molecule is NC(C(=O)[C@]1(C(=O)O)CN[C@@H](C(=O)O)C1)(c1ccccc1)c1ccccc1. The van der Waals surface area contributed by atoms with Crippen molar-refractivity contribution in [1.82, 2.24) is 5.32 Å². The molecule has 1 heterocycles. The van der Waals surface area contributed by atoms with E-state index in [0.717, 1.165) is 0 Å². The van der Waals surface area contributed by atoms with E-state index in [9.17, 15) is 24.6 Å². The monoisotopic (exact) mass is 368 g/mol. The standard InChI is InChI=1S/C20H20N2O5/c21-20(13-7-3-1-4-8-13,14-9-5-2-6-10-14)17(25)19(18(26)27)11-15(16(23)24)22-12-19/h1-10,15,22H,11-12,21H2,(H,23,24)(H,26,27)/t15-,19-/m1/s1. The smallest absolute Gasteiger partial charge is 0.320 e. The van der Waals surface area contributed by atoms with E-state index in [2.05, 4.69) is 5.32 Å². The molecule has 0 spiro atoms. The van der Waals surface area contributed by atoms with E-state index in [0.29, 0.717) is 11.1 Å². The van der Waals surface area contributed by atoms with Crippen LogP contribution in [0.5, 0.6) is 0 Å². The Balaban J connectivity index is 2.16. The van der Waals surface area contributed by atoms with Crippen molar-refractivity contribution in [3.8, 4) is 0 Å². The molecule has 27 heavy (non-hydrogen) atoms. The number of Topliss-reactive ketones (excluding diaryl/α,β-unsaturated/α-hetero) is 1. The number of carbonyl (C=O) groups excluding carboxylic acids is 1. The van der Waals surface area contributed by atoms with E-state index < -0.39 is 34.7 Å². The molecule has 1 saturated heterocycles. The molecule has 140 valence electrons. The molecule has 5 N–H and O–H groups in total. The third kappa shape index (κ3) is 3.01. The first-order chi connectivity index (χ1) is 12.8. The number of carbonyl (C=O) groups is 3. The van der Waals surface area contributed by atoms with Crippen LogP contribution < -0.4 is 11.1 Å². The van der Waals surface area contributed by atoms with E-state index in [1.54, 1.807) is 60.7 Å². The van der Waals surface area contributed by atoms with Crippen molar-refractivity contribution in [1.29, 1.82) is 0 Å². The van der Waals surface area contributed by atoms with Gasteiger partial charge in [-0.15, -0.1) is 0 Å². The Hall–Kier alpha value is -3.03. The van der Waals surface area contributed by atoms with Crippen molar-refractivity contribution < 1.29 is 24.6 Å². The highest BCUT2D eigenvalue weighted by molar-refractivity contribution is 6.10. The Morgan fingerprint density at radius 2 is 1.44 bits per heavy atom. The van der Waals surface area contributed by atoms with Crippen molar-refractivity contribution >= 4 is 17.7 Å². The van der Waals surface area contributed by atoms with E-state index in [1.165, 1.54) is 0 Å². The fourth-order valence-corrected chi connectivity index (χ4v) is 3.61. The summed E-state index contributed by atoms with van der Waals surface area (Å²) in [6, 6.07) is 15.9. The molecule has 1 aliphatic rings. The summed E-state index contributed by atoms with van der Waals surface area (Å²) in [5, 5.41) is 21.8. The van der Waals surface area contributed by atoms with Gasteiger partial charge in [0.1, 0.15) is 17.0 Å². The van der Waals surface area contributed by atoms with Crippen molar-refractivity contribution in [2.45, 2.75) is 18.0 Å². The highest BCUT2D eigenvalue weighted by Crippen LogP contribution is 2.40. The summed E-state index contributed by atoms with van der Waals surface area (Å²) in [6.07, 6.45) is -0.366. The van der Waals surface area contributed by atoms with Gasteiger partial charge in [0.05, 0.1) is 0 Å². The molecule has 0 saturated carbocycles. The van der Waals surface area contributed by atoms with Crippen molar-refractivity contribution in [2.24, 2.45) is 11.1 Å². The first-order valence-corrected chi connectivity index (χ1v) is 8.47. The Labute approximate surface area is 155 Å². The van der Waals surface area contributed by atoms with Gasteiger partial charge in [-0.05, 0) is 17.5 Å². The number of hydrogen-bond donors (Lipinski definition) is 4. The molecule has 0 aliphatic carbocycles. The molecule has 0 bridgehead atoms. The number of carboxylic acids is 2. The molecule has 0 radical (unpaired) electrons. The predicted octanol–water partition coefficient (Wildman–Crippen LogP) is 0.976. The van der Waals surface area contributed by atoms with Gasteiger partial charge in [-0.1, -0.05) is 60.7 Å². The minimum absolute atomic E-state index is 0.295. The summed E-state index contributed by atoms with van der Waals surface area (Å²) < 4.78 is 0. The highest BCUT2D eigenvalue weighted by Gasteiger charge is 2.59. The number of aliphatic carboxylic acids is 2. The van der Waals surface area contributed by atoms with Crippen LogP contribution in [0.15, 0.2) is 60.7 Å². The zero-order valence-corrected chi connectivity index (χ0v) is 14.5. The lowest BCUT2D eigenvalue weighted by Crippen LogP contribution is -2.57. The molecule has 0 aromatic heterocycles. The van der Waals surface area contributed by atoms with E-state index in [-0.39, 0.29) is 13.0 Å². The van der Waals surface area contributed by atoms with Crippen molar-refractivity contribution in [2.75, 3.05) is 6.54 Å². The lowest BCUT2D eigenvalue weighted by molar-refractivity contribution is -0.155. The summed E-state index contributed by atoms with van der Waals surface area (Å²) in [5.74, 6) is -3.32. The van der Waals surface area contributed by atoms with Crippen LogP contribution in [0.1, 0.15) is 17.5 Å². The maximum atomic E-state index is 13.7. The van der Waals surface area contributed by atoms with Crippen LogP contribution in [0, 0.1) is 5.41 Å². The van der Waals surface area contributed by atoms with Crippen molar-refractivity contribution in [3.05, 3.63) is 71.8 Å². The van der Waals surface area contributed by atoms with Crippen LogP contribution in [0.3, 0.4) is 0 Å². The molecular weight excluding hydrogens is 348 g/mol. The summed E-state index contributed by atoms with van der Waals surface area (Å²) in [7, 11) is 0. The Morgan fingerprint density at radius 3 is 1.81 bits per heavy atom. The molecule has 0 unspecified atom stereocenters. The zero-order valence-electron chi connectivity index (χ0n) is 14.5. The summed E-state index contributed by atoms with van der Waals surface area (Å²) >= 11 is 0. The summed E-state index contributed by atoms with van der Waals surface area (Å²) in [5.41, 5.74) is 3.84. The van der Waals surface area contributed by atoms with Crippen molar-refractivity contribution in [3.63, 3.8) is 0 Å². The second-order valence-electron chi connectivity index (χ2n) is 6.73. The Morgan fingerprint density at radius 1 is 0.963 bits per heavy atom. The van der Waals surface area contributed by atoms with Crippen LogP contribution >= 0.6 is 0 Å². The maximum Gasteiger partial charge on any atom is 0.320 e. The Kier molecular flexibility index (Phi) is 4.82. The Bertz CT molecular complexity index is 829. The minimum Gasteiger partial charge on any atom is -0.480 e. The number of carboxylic acid groups (broad SMARTS) is 2. The van der Waals surface area contributed by atoms with Gasteiger partial charge in [0.25, 0.3) is 0 Å². The highest BCUT2D eigenvalue weighted by atomic mass is 16.4. The summed E-state index contributed by atoms with van der Waals surface area (Å²) in [4.78, 5) is 37.1. The van der Waals surface area contributed by atoms with Gasteiger partial charge >= 0.3 is 11.9 Å². The van der Waals surface area contributed by atoms with Gasteiger partial charge in [0.15, 0.2) is 5.78 Å². The van der Waals surface area contributed by atoms with Crippen LogP contribution in [0.4, 0.5) is 0 Å². The van der Waals surface area contributed by atoms with Crippen LogP contribution in [-0.4, -0.2) is 40.5 Å². The normalized spacial score (nSPS) is 22.3. The van der Waals surface area contributed by atoms with Gasteiger partial charge < -0.3 is 21.3 Å². The number of rotatable bonds is 6. The molecule has 2 atom stereocenters. The topological polar surface area (TPSA) is 130 Å². The summed E-state index contributed by atoms with van der Waals surface area (Å²) in [6.45, 7) is -0.295. The third-order valence-corrected chi connectivity index (χ3v) is 5.16. The van der Waals surface area contributed by atoms with Crippen LogP contribution in [-0.2, 0) is 19.9 Å². The molecular formula is C20H20N2O5. The third-order valence-electron chi connectivity index (χ3n) is 5.16. The average molecular weight is 368 g/mol. The lowest BCUT2D eigenvalue weighted by Gasteiger charge is -2.36. The van der Waals surface area contributed by atoms with E-state index in [1.807, 2.05) is 0 Å². The number of benzene rings is 2. The molecule has 7 heteroatoms. The second-order valence-corrected chi connectivity index (χ2v) is 6.73. The molecule has 2 aromatic carbocycles. The number of nitrogens with two attached hydrogens (primary N) is 1. The average Bonchev–Trinajstić information content (AvgIpc) is 3.15. The van der Waals surface area contributed by atoms with Gasteiger partial charge in [-0.3, -0.25) is 14.4 Å².